The lowest BCUT2D eigenvalue weighted by molar-refractivity contribution is 0.626. The van der Waals surface area contributed by atoms with Gasteiger partial charge in [0, 0.05) is 0 Å². The third-order valence-electron chi connectivity index (χ3n) is 2.06. The smallest absolute Gasteiger partial charge is 0.123 e. The highest BCUT2D eigenvalue weighted by Gasteiger charge is 2.09. The minimum Gasteiger partial charge on any atom is -0.207 e. The summed E-state index contributed by atoms with van der Waals surface area (Å²) in [5.74, 6) is -0.0966. The minimum atomic E-state index is -0.0966. The van der Waals surface area contributed by atoms with E-state index in [0.29, 0.717) is 0 Å². The summed E-state index contributed by atoms with van der Waals surface area (Å²) in [7, 11) is 0. The van der Waals surface area contributed by atoms with Gasteiger partial charge in [0.05, 0.1) is 0 Å². The number of hydrogen-bond donors (Lipinski definition) is 0. The average Bonchev–Trinajstić information content (AvgIpc) is 2.33. The number of rotatable bonds is 0. The highest BCUT2D eigenvalue weighted by molar-refractivity contribution is 5.31. The predicted molar refractivity (Wildman–Crippen MR) is 38.4 cm³/mol. The zero-order chi connectivity index (χ0) is 6.97. The van der Waals surface area contributed by atoms with E-state index in [4.69, 9.17) is 0 Å². The van der Waals surface area contributed by atoms with Crippen molar-refractivity contribution in [2.75, 3.05) is 0 Å². The van der Waals surface area contributed by atoms with Crippen molar-refractivity contribution in [2.24, 2.45) is 0 Å². The van der Waals surface area contributed by atoms with Crippen LogP contribution < -0.4 is 0 Å². The van der Waals surface area contributed by atoms with Gasteiger partial charge in [0.1, 0.15) is 5.82 Å². The second kappa shape index (κ2) is 2.08. The summed E-state index contributed by atoms with van der Waals surface area (Å²) >= 11 is 0. The summed E-state index contributed by atoms with van der Waals surface area (Å²) in [6.45, 7) is 0. The summed E-state index contributed by atoms with van der Waals surface area (Å²) in [4.78, 5) is 0. The van der Waals surface area contributed by atoms with Gasteiger partial charge in [0.2, 0.25) is 0 Å². The Balaban J connectivity index is 2.52. The number of benzene rings is 1. The summed E-state index contributed by atoms with van der Waals surface area (Å²) < 4.78 is 12.6. The van der Waals surface area contributed by atoms with Crippen LogP contribution in [0, 0.1) is 5.82 Å². The van der Waals surface area contributed by atoms with Crippen molar-refractivity contribution < 1.29 is 4.39 Å². The lowest BCUT2D eigenvalue weighted by atomic mass is 10.1. The molecule has 1 heteroatoms. The molecule has 10 heavy (non-hydrogen) atoms. The summed E-state index contributed by atoms with van der Waals surface area (Å²) in [6.07, 6.45) is 3.39. The summed E-state index contributed by atoms with van der Waals surface area (Å²) in [6, 6.07) is 5.10. The van der Waals surface area contributed by atoms with Crippen LogP contribution >= 0.6 is 0 Å². The molecule has 1 aliphatic rings. The van der Waals surface area contributed by atoms with Gasteiger partial charge in [-0.3, -0.25) is 0 Å². The van der Waals surface area contributed by atoms with E-state index in [1.54, 1.807) is 12.1 Å². The molecule has 2 rings (SSSR count). The molecule has 0 bridgehead atoms. The Labute approximate surface area is 59.7 Å². The standard InChI is InChI=1S/C9H9F/c10-9-5-4-7-2-1-3-8(7)6-9/h4-6H,1-3H2. The van der Waals surface area contributed by atoms with Crippen LogP contribution in [0.2, 0.25) is 0 Å². The normalized spacial score (nSPS) is 15.3. The molecule has 0 heterocycles. The average molecular weight is 136 g/mol. The van der Waals surface area contributed by atoms with Crippen LogP contribution in [0.25, 0.3) is 0 Å². The van der Waals surface area contributed by atoms with Gasteiger partial charge in [-0.05, 0) is 42.5 Å². The van der Waals surface area contributed by atoms with E-state index in [2.05, 4.69) is 0 Å². The fourth-order valence-corrected chi connectivity index (χ4v) is 1.54. The molecule has 52 valence electrons. The van der Waals surface area contributed by atoms with E-state index in [9.17, 15) is 4.39 Å². The van der Waals surface area contributed by atoms with Gasteiger partial charge in [-0.1, -0.05) is 6.07 Å². The fourth-order valence-electron chi connectivity index (χ4n) is 1.54. The van der Waals surface area contributed by atoms with Crippen LogP contribution in [0.4, 0.5) is 4.39 Å². The SMILES string of the molecule is Fc1ccc2c(c1)CCC2. The number of halogens is 1. The third-order valence-corrected chi connectivity index (χ3v) is 2.06. The first-order chi connectivity index (χ1) is 4.86. The maximum Gasteiger partial charge on any atom is 0.123 e. The van der Waals surface area contributed by atoms with Crippen LogP contribution in [0.3, 0.4) is 0 Å². The fraction of sp³-hybridized carbons (Fsp3) is 0.333. The number of hydrogen-bond acceptors (Lipinski definition) is 0. The van der Waals surface area contributed by atoms with Gasteiger partial charge in [0.25, 0.3) is 0 Å². The molecular weight excluding hydrogens is 127 g/mol. The molecule has 0 saturated carbocycles. The van der Waals surface area contributed by atoms with Gasteiger partial charge in [0.15, 0.2) is 0 Å². The molecule has 1 aliphatic carbocycles. The molecule has 0 atom stereocenters. The molecule has 0 amide bonds. The van der Waals surface area contributed by atoms with Crippen molar-refractivity contribution in [3.8, 4) is 0 Å². The Morgan fingerprint density at radius 1 is 1.10 bits per heavy atom. The van der Waals surface area contributed by atoms with E-state index < -0.39 is 0 Å². The largest absolute Gasteiger partial charge is 0.207 e. The maximum absolute atomic E-state index is 12.6. The number of fused-ring (bicyclic) bond motifs is 1. The molecule has 0 nitrogen and oxygen atoms in total. The van der Waals surface area contributed by atoms with E-state index in [0.717, 1.165) is 12.8 Å². The molecule has 0 aromatic heterocycles. The Morgan fingerprint density at radius 3 is 2.80 bits per heavy atom. The maximum atomic E-state index is 12.6. The molecular formula is C9H9F. The van der Waals surface area contributed by atoms with E-state index in [1.165, 1.54) is 17.5 Å². The van der Waals surface area contributed by atoms with Crippen LogP contribution in [0.1, 0.15) is 17.5 Å². The molecule has 0 fully saturated rings. The Hall–Kier alpha value is -0.850. The number of aryl methyl sites for hydroxylation is 2. The first kappa shape index (κ1) is 5.90. The lowest BCUT2D eigenvalue weighted by Gasteiger charge is -1.95. The van der Waals surface area contributed by atoms with Crippen molar-refractivity contribution in [1.29, 1.82) is 0 Å². The van der Waals surface area contributed by atoms with Crippen molar-refractivity contribution in [2.45, 2.75) is 19.3 Å². The first-order valence-corrected chi connectivity index (χ1v) is 3.63. The highest BCUT2D eigenvalue weighted by atomic mass is 19.1. The second-order valence-electron chi connectivity index (χ2n) is 2.77. The highest BCUT2D eigenvalue weighted by Crippen LogP contribution is 2.21. The van der Waals surface area contributed by atoms with Crippen molar-refractivity contribution >= 4 is 0 Å². The molecule has 1 aromatic rings. The molecule has 0 unspecified atom stereocenters. The van der Waals surface area contributed by atoms with Gasteiger partial charge >= 0.3 is 0 Å². The quantitative estimate of drug-likeness (QED) is 0.513. The summed E-state index contributed by atoms with van der Waals surface area (Å²) in [5.41, 5.74) is 2.54. The summed E-state index contributed by atoms with van der Waals surface area (Å²) in [5, 5.41) is 0. The molecule has 0 aliphatic heterocycles. The van der Waals surface area contributed by atoms with Gasteiger partial charge < -0.3 is 0 Å². The molecule has 0 saturated heterocycles. The molecule has 1 aromatic carbocycles. The van der Waals surface area contributed by atoms with Gasteiger partial charge in [-0.25, -0.2) is 4.39 Å². The van der Waals surface area contributed by atoms with Crippen LogP contribution in [0.5, 0.6) is 0 Å². The van der Waals surface area contributed by atoms with E-state index in [1.807, 2.05) is 6.07 Å². The molecule has 0 spiro atoms. The monoisotopic (exact) mass is 136 g/mol. The molecule has 0 N–H and O–H groups in total. The first-order valence-electron chi connectivity index (χ1n) is 3.63. The van der Waals surface area contributed by atoms with Crippen LogP contribution in [0.15, 0.2) is 18.2 Å². The zero-order valence-corrected chi connectivity index (χ0v) is 5.73. The minimum absolute atomic E-state index is 0.0966. The topological polar surface area (TPSA) is 0 Å². The van der Waals surface area contributed by atoms with Crippen LogP contribution in [-0.2, 0) is 12.8 Å². The zero-order valence-electron chi connectivity index (χ0n) is 5.73. The Kier molecular flexibility index (Phi) is 1.23. The molecule has 0 radical (unpaired) electrons. The second-order valence-corrected chi connectivity index (χ2v) is 2.77. The lowest BCUT2D eigenvalue weighted by Crippen LogP contribution is -1.82. The van der Waals surface area contributed by atoms with Gasteiger partial charge in [-0.15, -0.1) is 0 Å². The van der Waals surface area contributed by atoms with Gasteiger partial charge in [-0.2, -0.15) is 0 Å². The Bertz CT molecular complexity index is 253. The van der Waals surface area contributed by atoms with E-state index in [-0.39, 0.29) is 5.82 Å². The van der Waals surface area contributed by atoms with Crippen LogP contribution in [-0.4, -0.2) is 0 Å². The predicted octanol–water partition coefficient (Wildman–Crippen LogP) is 2.31. The third kappa shape index (κ3) is 0.821. The van der Waals surface area contributed by atoms with Crippen molar-refractivity contribution in [1.82, 2.24) is 0 Å². The van der Waals surface area contributed by atoms with Crippen molar-refractivity contribution in [3.05, 3.63) is 35.1 Å². The van der Waals surface area contributed by atoms with E-state index >= 15 is 0 Å². The Morgan fingerprint density at radius 2 is 1.90 bits per heavy atom. The van der Waals surface area contributed by atoms with Crippen molar-refractivity contribution in [3.63, 3.8) is 0 Å².